The number of ether oxygens (including phenoxy) is 1. The maximum Gasteiger partial charge on any atom is 0.251 e. The Labute approximate surface area is 176 Å². The van der Waals surface area contributed by atoms with Gasteiger partial charge in [0.05, 0.1) is 12.3 Å². The van der Waals surface area contributed by atoms with Gasteiger partial charge in [-0.05, 0) is 42.3 Å². The Bertz CT molecular complexity index is 928. The van der Waals surface area contributed by atoms with Crippen molar-refractivity contribution >= 4 is 17.5 Å². The smallest absolute Gasteiger partial charge is 0.251 e. The van der Waals surface area contributed by atoms with Gasteiger partial charge in [-0.2, -0.15) is 0 Å². The number of halogens is 1. The fraction of sp³-hybridized carbons (Fsp3) is 0.261. The predicted molar refractivity (Wildman–Crippen MR) is 115 cm³/mol. The highest BCUT2D eigenvalue weighted by molar-refractivity contribution is 6.30. The van der Waals surface area contributed by atoms with Crippen LogP contribution >= 0.6 is 11.6 Å². The quantitative estimate of drug-likeness (QED) is 0.508. The Morgan fingerprint density at radius 2 is 1.90 bits per heavy atom. The molecular formula is C23H24ClN3O2. The number of hydrogen-bond acceptors (Lipinski definition) is 4. The summed E-state index contributed by atoms with van der Waals surface area (Å²) in [6.45, 7) is 3.28. The summed E-state index contributed by atoms with van der Waals surface area (Å²) in [5.41, 5.74) is 3.29. The average Bonchev–Trinajstić information content (AvgIpc) is 2.76. The van der Waals surface area contributed by atoms with Crippen LogP contribution in [0, 0.1) is 0 Å². The normalized spacial score (nSPS) is 10.6. The van der Waals surface area contributed by atoms with E-state index in [4.69, 9.17) is 16.3 Å². The maximum absolute atomic E-state index is 12.2. The van der Waals surface area contributed by atoms with Gasteiger partial charge in [-0.1, -0.05) is 49.2 Å². The third kappa shape index (κ3) is 6.29. The van der Waals surface area contributed by atoms with Crippen molar-refractivity contribution in [2.75, 3.05) is 13.2 Å². The van der Waals surface area contributed by atoms with Crippen molar-refractivity contribution in [1.29, 1.82) is 0 Å². The number of unbranched alkanes of at least 4 members (excludes halogenated alkanes) is 1. The van der Waals surface area contributed by atoms with E-state index in [-0.39, 0.29) is 5.91 Å². The van der Waals surface area contributed by atoms with Crippen LogP contribution in [-0.2, 0) is 6.42 Å². The van der Waals surface area contributed by atoms with Gasteiger partial charge < -0.3 is 10.1 Å². The lowest BCUT2D eigenvalue weighted by molar-refractivity contribution is 0.0953. The monoisotopic (exact) mass is 409 g/mol. The van der Waals surface area contributed by atoms with Gasteiger partial charge in [0.2, 0.25) is 5.88 Å². The highest BCUT2D eigenvalue weighted by atomic mass is 35.5. The standard InChI is InChI=1S/C23H24ClN3O2/c1-2-3-14-25-23(28)19-6-4-5-18(16-19)21-11-12-22(27-26-21)29-15-13-17-7-9-20(24)10-8-17/h4-12,16H,2-3,13-15H2,1H3,(H,25,28). The van der Waals surface area contributed by atoms with Crippen LogP contribution in [0.3, 0.4) is 0 Å². The molecule has 1 heterocycles. The number of nitrogens with one attached hydrogen (secondary N) is 1. The number of nitrogens with zero attached hydrogens (tertiary/aromatic N) is 2. The molecule has 0 aliphatic rings. The van der Waals surface area contributed by atoms with E-state index in [9.17, 15) is 4.79 Å². The van der Waals surface area contributed by atoms with Crippen LogP contribution in [0.15, 0.2) is 60.7 Å². The van der Waals surface area contributed by atoms with E-state index in [2.05, 4.69) is 22.4 Å². The maximum atomic E-state index is 12.2. The highest BCUT2D eigenvalue weighted by Crippen LogP contribution is 2.19. The number of amides is 1. The van der Waals surface area contributed by atoms with Crippen LogP contribution in [0.25, 0.3) is 11.3 Å². The van der Waals surface area contributed by atoms with Crippen LogP contribution in [0.2, 0.25) is 5.02 Å². The van der Waals surface area contributed by atoms with Crippen LogP contribution < -0.4 is 10.1 Å². The van der Waals surface area contributed by atoms with E-state index in [0.29, 0.717) is 30.3 Å². The summed E-state index contributed by atoms with van der Waals surface area (Å²) in [4.78, 5) is 12.2. The summed E-state index contributed by atoms with van der Waals surface area (Å²) in [6, 6.07) is 18.7. The third-order valence-corrected chi connectivity index (χ3v) is 4.68. The first-order valence-corrected chi connectivity index (χ1v) is 10.1. The fourth-order valence-electron chi connectivity index (χ4n) is 2.78. The summed E-state index contributed by atoms with van der Waals surface area (Å²) in [6.07, 6.45) is 2.77. The second kappa shape index (κ2) is 10.6. The Hall–Kier alpha value is -2.92. The largest absolute Gasteiger partial charge is 0.476 e. The Balaban J connectivity index is 1.57. The molecule has 0 atom stereocenters. The van der Waals surface area contributed by atoms with Gasteiger partial charge in [-0.25, -0.2) is 0 Å². The third-order valence-electron chi connectivity index (χ3n) is 4.43. The number of aromatic nitrogens is 2. The molecule has 1 aromatic heterocycles. The van der Waals surface area contributed by atoms with Crippen molar-refractivity contribution in [1.82, 2.24) is 15.5 Å². The molecule has 3 rings (SSSR count). The Kier molecular flexibility index (Phi) is 7.59. The molecule has 0 aliphatic heterocycles. The number of carbonyl (C=O) groups excluding carboxylic acids is 1. The van der Waals surface area contributed by atoms with Crippen molar-refractivity contribution in [2.24, 2.45) is 0 Å². The number of hydrogen-bond donors (Lipinski definition) is 1. The number of rotatable bonds is 9. The summed E-state index contributed by atoms with van der Waals surface area (Å²) < 4.78 is 5.68. The van der Waals surface area contributed by atoms with Crippen LogP contribution in [0.4, 0.5) is 0 Å². The predicted octanol–water partition coefficient (Wildman–Crippen LogP) is 4.95. The minimum Gasteiger partial charge on any atom is -0.476 e. The second-order valence-corrected chi connectivity index (χ2v) is 7.11. The molecule has 0 unspecified atom stereocenters. The van der Waals surface area contributed by atoms with E-state index < -0.39 is 0 Å². The van der Waals surface area contributed by atoms with Crippen LogP contribution in [-0.4, -0.2) is 29.3 Å². The van der Waals surface area contributed by atoms with Gasteiger partial charge in [0, 0.05) is 35.2 Å². The first kappa shape index (κ1) is 20.8. The van der Waals surface area contributed by atoms with Crippen molar-refractivity contribution in [3.63, 3.8) is 0 Å². The molecule has 29 heavy (non-hydrogen) atoms. The molecule has 1 N–H and O–H groups in total. The molecule has 1 amide bonds. The molecule has 2 aromatic carbocycles. The van der Waals surface area contributed by atoms with Gasteiger partial charge in [0.25, 0.3) is 5.91 Å². The van der Waals surface area contributed by atoms with Gasteiger partial charge >= 0.3 is 0 Å². The molecule has 0 radical (unpaired) electrons. The molecular weight excluding hydrogens is 386 g/mol. The first-order valence-electron chi connectivity index (χ1n) is 9.75. The summed E-state index contributed by atoms with van der Waals surface area (Å²) in [7, 11) is 0. The van der Waals surface area contributed by atoms with E-state index in [1.54, 1.807) is 12.1 Å². The molecule has 0 spiro atoms. The molecule has 0 bridgehead atoms. The molecule has 0 saturated carbocycles. The zero-order valence-corrected chi connectivity index (χ0v) is 17.2. The molecule has 6 heteroatoms. The molecule has 150 valence electrons. The van der Waals surface area contributed by atoms with Gasteiger partial charge in [0.15, 0.2) is 0 Å². The van der Waals surface area contributed by atoms with Gasteiger partial charge in [0.1, 0.15) is 0 Å². The first-order chi connectivity index (χ1) is 14.2. The SMILES string of the molecule is CCCCNC(=O)c1cccc(-c2ccc(OCCc3ccc(Cl)cc3)nn2)c1. The summed E-state index contributed by atoms with van der Waals surface area (Å²) in [5.74, 6) is 0.395. The zero-order valence-electron chi connectivity index (χ0n) is 16.4. The number of benzene rings is 2. The van der Waals surface area contributed by atoms with Crippen molar-refractivity contribution in [3.05, 3.63) is 76.8 Å². The zero-order chi connectivity index (χ0) is 20.5. The summed E-state index contributed by atoms with van der Waals surface area (Å²) >= 11 is 5.89. The minimum atomic E-state index is -0.0737. The van der Waals surface area contributed by atoms with E-state index >= 15 is 0 Å². The molecule has 0 saturated heterocycles. The molecule has 3 aromatic rings. The van der Waals surface area contributed by atoms with Crippen molar-refractivity contribution < 1.29 is 9.53 Å². The lowest BCUT2D eigenvalue weighted by Crippen LogP contribution is -2.24. The number of carbonyl (C=O) groups is 1. The molecule has 5 nitrogen and oxygen atoms in total. The van der Waals surface area contributed by atoms with E-state index in [1.807, 2.05) is 48.5 Å². The van der Waals surface area contributed by atoms with Gasteiger partial charge in [-0.15, -0.1) is 10.2 Å². The highest BCUT2D eigenvalue weighted by Gasteiger charge is 2.08. The Morgan fingerprint density at radius 1 is 1.07 bits per heavy atom. The second-order valence-electron chi connectivity index (χ2n) is 6.67. The van der Waals surface area contributed by atoms with Crippen molar-refractivity contribution in [3.8, 4) is 17.1 Å². The topological polar surface area (TPSA) is 64.1 Å². The van der Waals surface area contributed by atoms with E-state index in [1.165, 1.54) is 0 Å². The molecule has 0 fully saturated rings. The lowest BCUT2D eigenvalue weighted by Gasteiger charge is -2.07. The Morgan fingerprint density at radius 3 is 2.62 bits per heavy atom. The van der Waals surface area contributed by atoms with E-state index in [0.717, 1.165) is 35.4 Å². The van der Waals surface area contributed by atoms with Crippen LogP contribution in [0.5, 0.6) is 5.88 Å². The van der Waals surface area contributed by atoms with Gasteiger partial charge in [-0.3, -0.25) is 4.79 Å². The molecule has 0 aliphatic carbocycles. The average molecular weight is 410 g/mol. The minimum absolute atomic E-state index is 0.0737. The van der Waals surface area contributed by atoms with Crippen molar-refractivity contribution in [2.45, 2.75) is 26.2 Å². The van der Waals surface area contributed by atoms with Crippen LogP contribution in [0.1, 0.15) is 35.7 Å². The lowest BCUT2D eigenvalue weighted by atomic mass is 10.1. The summed E-state index contributed by atoms with van der Waals surface area (Å²) in [5, 5.41) is 12.0. The fourth-order valence-corrected chi connectivity index (χ4v) is 2.90.